The summed E-state index contributed by atoms with van der Waals surface area (Å²) >= 11 is 7.78. The summed E-state index contributed by atoms with van der Waals surface area (Å²) < 4.78 is 14.7. The van der Waals surface area contributed by atoms with E-state index >= 15 is 0 Å². The maximum atomic E-state index is 13.1. The highest BCUT2D eigenvalue weighted by Crippen LogP contribution is 2.32. The van der Waals surface area contributed by atoms with Crippen molar-refractivity contribution in [2.75, 3.05) is 0 Å². The molecule has 2 aromatic carbocycles. The van der Waals surface area contributed by atoms with Crippen molar-refractivity contribution >= 4 is 28.8 Å². The summed E-state index contributed by atoms with van der Waals surface area (Å²) in [4.78, 5) is 18.3. The molecule has 1 amide bonds. The zero-order valence-electron chi connectivity index (χ0n) is 16.3. The third-order valence-corrected chi connectivity index (χ3v) is 6.18. The van der Waals surface area contributed by atoms with Gasteiger partial charge in [0.15, 0.2) is 0 Å². The molecule has 4 rings (SSSR count). The number of hydrogen-bond donors (Lipinski definition) is 1. The molecule has 0 radical (unpaired) electrons. The van der Waals surface area contributed by atoms with Crippen LogP contribution in [0.25, 0.3) is 21.8 Å². The van der Waals surface area contributed by atoms with Crippen molar-refractivity contribution in [3.05, 3.63) is 81.7 Å². The highest BCUT2D eigenvalue weighted by Gasteiger charge is 2.16. The van der Waals surface area contributed by atoms with E-state index in [1.807, 2.05) is 31.2 Å². The van der Waals surface area contributed by atoms with Crippen LogP contribution in [0.5, 0.6) is 0 Å². The molecule has 30 heavy (non-hydrogen) atoms. The van der Waals surface area contributed by atoms with Gasteiger partial charge in [0.1, 0.15) is 16.5 Å². The number of thiazole rings is 1. The molecule has 0 aliphatic carbocycles. The fraction of sp³-hybridized carbons (Fsp3) is 0.136. The van der Waals surface area contributed by atoms with Crippen LogP contribution < -0.4 is 5.32 Å². The van der Waals surface area contributed by atoms with Crippen molar-refractivity contribution in [3.8, 4) is 21.8 Å². The van der Waals surface area contributed by atoms with Gasteiger partial charge in [-0.1, -0.05) is 29.8 Å². The summed E-state index contributed by atoms with van der Waals surface area (Å²) in [5.74, 6) is -0.561. The van der Waals surface area contributed by atoms with E-state index in [0.29, 0.717) is 23.0 Å². The third kappa shape index (κ3) is 4.13. The quantitative estimate of drug-likeness (QED) is 0.461. The van der Waals surface area contributed by atoms with E-state index in [4.69, 9.17) is 11.6 Å². The van der Waals surface area contributed by atoms with E-state index < -0.39 is 0 Å². The Morgan fingerprint density at radius 3 is 2.67 bits per heavy atom. The average molecular weight is 441 g/mol. The van der Waals surface area contributed by atoms with Crippen molar-refractivity contribution in [1.82, 2.24) is 20.1 Å². The van der Waals surface area contributed by atoms with Crippen LogP contribution in [-0.4, -0.2) is 20.7 Å². The van der Waals surface area contributed by atoms with Crippen molar-refractivity contribution in [2.45, 2.75) is 13.5 Å². The van der Waals surface area contributed by atoms with Crippen LogP contribution in [0, 0.1) is 12.7 Å². The SMILES string of the molecule is Cc1nc(-c2ccccc2Cl)sc1CNC(=O)c1cc(-c2ccc(F)cc2)nn1C. The summed E-state index contributed by atoms with van der Waals surface area (Å²) in [7, 11) is 1.70. The number of nitrogens with zero attached hydrogens (tertiary/aromatic N) is 3. The molecule has 0 fully saturated rings. The first kappa shape index (κ1) is 20.3. The Morgan fingerprint density at radius 2 is 1.93 bits per heavy atom. The second kappa shape index (κ2) is 8.38. The fourth-order valence-corrected chi connectivity index (χ4v) is 4.36. The Labute approximate surface area is 182 Å². The molecule has 8 heteroatoms. The lowest BCUT2D eigenvalue weighted by Gasteiger charge is -2.04. The van der Waals surface area contributed by atoms with Gasteiger partial charge in [-0.3, -0.25) is 9.48 Å². The van der Waals surface area contributed by atoms with E-state index in [0.717, 1.165) is 26.7 Å². The van der Waals surface area contributed by atoms with Crippen LogP contribution in [0.1, 0.15) is 21.1 Å². The van der Waals surface area contributed by atoms with Gasteiger partial charge >= 0.3 is 0 Å². The fourth-order valence-electron chi connectivity index (χ4n) is 3.03. The molecule has 2 heterocycles. The van der Waals surface area contributed by atoms with Gasteiger partial charge in [-0.25, -0.2) is 9.37 Å². The zero-order chi connectivity index (χ0) is 21.3. The number of aromatic nitrogens is 3. The smallest absolute Gasteiger partial charge is 0.269 e. The molecular weight excluding hydrogens is 423 g/mol. The molecule has 0 saturated heterocycles. The van der Waals surface area contributed by atoms with Gasteiger partial charge in [-0.05, 0) is 43.3 Å². The van der Waals surface area contributed by atoms with Crippen molar-refractivity contribution in [2.24, 2.45) is 7.05 Å². The molecule has 0 unspecified atom stereocenters. The van der Waals surface area contributed by atoms with Gasteiger partial charge < -0.3 is 5.32 Å². The van der Waals surface area contributed by atoms with Gasteiger partial charge in [-0.2, -0.15) is 5.10 Å². The van der Waals surface area contributed by atoms with Gasteiger partial charge in [-0.15, -0.1) is 11.3 Å². The Hall–Kier alpha value is -3.03. The number of nitrogens with one attached hydrogen (secondary N) is 1. The molecule has 4 aromatic rings. The van der Waals surface area contributed by atoms with Crippen molar-refractivity contribution in [3.63, 3.8) is 0 Å². The summed E-state index contributed by atoms with van der Waals surface area (Å²) in [6.07, 6.45) is 0. The number of aryl methyl sites for hydroxylation is 2. The van der Waals surface area contributed by atoms with E-state index in [2.05, 4.69) is 15.4 Å². The Morgan fingerprint density at radius 1 is 1.20 bits per heavy atom. The molecule has 5 nitrogen and oxygen atoms in total. The zero-order valence-corrected chi connectivity index (χ0v) is 17.9. The second-order valence-electron chi connectivity index (χ2n) is 6.74. The topological polar surface area (TPSA) is 59.8 Å². The van der Waals surface area contributed by atoms with E-state index in [9.17, 15) is 9.18 Å². The minimum absolute atomic E-state index is 0.245. The lowest BCUT2D eigenvalue weighted by Crippen LogP contribution is -2.25. The Balaban J connectivity index is 1.49. The molecule has 152 valence electrons. The van der Waals surface area contributed by atoms with E-state index in [1.54, 1.807) is 25.2 Å². The largest absolute Gasteiger partial charge is 0.346 e. The number of benzene rings is 2. The van der Waals surface area contributed by atoms with E-state index in [-0.39, 0.29) is 11.7 Å². The summed E-state index contributed by atoms with van der Waals surface area (Å²) in [6, 6.07) is 15.2. The maximum Gasteiger partial charge on any atom is 0.269 e. The van der Waals surface area contributed by atoms with Crippen LogP contribution in [-0.2, 0) is 13.6 Å². The third-order valence-electron chi connectivity index (χ3n) is 4.66. The predicted octanol–water partition coefficient (Wildman–Crippen LogP) is 5.24. The molecule has 0 bridgehead atoms. The minimum Gasteiger partial charge on any atom is -0.346 e. The van der Waals surface area contributed by atoms with Gasteiger partial charge in [0.05, 0.1) is 23.0 Å². The van der Waals surface area contributed by atoms with Crippen molar-refractivity contribution < 1.29 is 9.18 Å². The Kier molecular flexibility index (Phi) is 5.65. The van der Waals surface area contributed by atoms with Gasteiger partial charge in [0.2, 0.25) is 0 Å². The first-order chi connectivity index (χ1) is 14.4. The summed E-state index contributed by atoms with van der Waals surface area (Å²) in [6.45, 7) is 2.26. The van der Waals surface area contributed by atoms with Crippen LogP contribution >= 0.6 is 22.9 Å². The number of halogens is 2. The first-order valence-electron chi connectivity index (χ1n) is 9.22. The monoisotopic (exact) mass is 440 g/mol. The van der Waals surface area contributed by atoms with Crippen molar-refractivity contribution in [1.29, 1.82) is 0 Å². The summed E-state index contributed by atoms with van der Waals surface area (Å²) in [5, 5.41) is 8.76. The highest BCUT2D eigenvalue weighted by atomic mass is 35.5. The highest BCUT2D eigenvalue weighted by molar-refractivity contribution is 7.15. The predicted molar refractivity (Wildman–Crippen MR) is 117 cm³/mol. The van der Waals surface area contributed by atoms with Crippen LogP contribution in [0.4, 0.5) is 4.39 Å². The molecule has 0 saturated carbocycles. The molecule has 0 spiro atoms. The molecule has 0 aliphatic heterocycles. The van der Waals surface area contributed by atoms with Gasteiger partial charge in [0.25, 0.3) is 5.91 Å². The second-order valence-corrected chi connectivity index (χ2v) is 8.23. The Bertz CT molecular complexity index is 1220. The molecule has 0 aliphatic rings. The number of carbonyl (C=O) groups is 1. The minimum atomic E-state index is -0.316. The number of rotatable bonds is 5. The summed E-state index contributed by atoms with van der Waals surface area (Å²) in [5.41, 5.74) is 3.50. The normalized spacial score (nSPS) is 10.9. The van der Waals surface area contributed by atoms with Crippen LogP contribution in [0.3, 0.4) is 0 Å². The lowest BCUT2D eigenvalue weighted by atomic mass is 10.1. The number of carbonyl (C=O) groups excluding carboxylic acids is 1. The average Bonchev–Trinajstić information content (AvgIpc) is 3.30. The number of amides is 1. The molecule has 2 aromatic heterocycles. The van der Waals surface area contributed by atoms with Crippen LogP contribution in [0.2, 0.25) is 5.02 Å². The lowest BCUT2D eigenvalue weighted by molar-refractivity contribution is 0.0942. The van der Waals surface area contributed by atoms with E-state index in [1.165, 1.54) is 28.2 Å². The maximum absolute atomic E-state index is 13.1. The first-order valence-corrected chi connectivity index (χ1v) is 10.4. The van der Waals surface area contributed by atoms with Crippen LogP contribution in [0.15, 0.2) is 54.6 Å². The number of hydrogen-bond acceptors (Lipinski definition) is 4. The standard InChI is InChI=1S/C22H18ClFN4OS/c1-13-20(30-22(26-13)16-5-3-4-6-17(16)23)12-25-21(29)19-11-18(27-28(19)2)14-7-9-15(24)10-8-14/h3-11H,12H2,1-2H3,(H,25,29). The molecular formula is C22H18ClFN4OS. The molecule has 1 N–H and O–H groups in total. The van der Waals surface area contributed by atoms with Gasteiger partial charge in [0, 0.05) is 23.1 Å². The molecule has 0 atom stereocenters.